The third-order valence-electron chi connectivity index (χ3n) is 5.82. The number of allylic oxidation sites excluding steroid dienone is 1. The molecule has 0 radical (unpaired) electrons. The van der Waals surface area contributed by atoms with E-state index in [-0.39, 0.29) is 35.5 Å². The first-order chi connectivity index (χ1) is 14.1. The van der Waals surface area contributed by atoms with E-state index in [4.69, 9.17) is 4.74 Å². The lowest BCUT2D eigenvalue weighted by Gasteiger charge is -2.19. The molecule has 0 bridgehead atoms. The van der Waals surface area contributed by atoms with Crippen LogP contribution in [-0.2, 0) is 15.1 Å². The first-order valence-corrected chi connectivity index (χ1v) is 10.5. The number of hydrazine groups is 1. The molecule has 4 rings (SSSR count). The number of hydrogen-bond acceptors (Lipinski definition) is 5. The Morgan fingerprint density at radius 1 is 1.24 bits per heavy atom. The third-order valence-corrected chi connectivity index (χ3v) is 5.82. The Bertz CT molecular complexity index is 802. The molecule has 2 aliphatic carbocycles. The summed E-state index contributed by atoms with van der Waals surface area (Å²) in [5.41, 5.74) is 7.53. The average Bonchev–Trinajstić information content (AvgIpc) is 3.61. The average molecular weight is 401 g/mol. The van der Waals surface area contributed by atoms with Crippen molar-refractivity contribution in [3.63, 3.8) is 0 Å². The summed E-state index contributed by atoms with van der Waals surface area (Å²) in [7, 11) is 0. The number of rotatable bonds is 11. The van der Waals surface area contributed by atoms with Gasteiger partial charge in [0, 0.05) is 13.0 Å². The van der Waals surface area contributed by atoms with Crippen molar-refractivity contribution in [2.75, 3.05) is 13.2 Å². The summed E-state index contributed by atoms with van der Waals surface area (Å²) in [6, 6.07) is 5.15. The van der Waals surface area contributed by atoms with Crippen LogP contribution in [0.4, 0.5) is 4.39 Å². The lowest BCUT2D eigenvalue weighted by molar-refractivity contribution is -0.125. The van der Waals surface area contributed by atoms with Gasteiger partial charge in [-0.2, -0.15) is 0 Å². The summed E-state index contributed by atoms with van der Waals surface area (Å²) in [5, 5.41) is 2.32. The van der Waals surface area contributed by atoms with E-state index < -0.39 is 0 Å². The lowest BCUT2D eigenvalue weighted by Crippen LogP contribution is -2.41. The maximum atomic E-state index is 14.0. The monoisotopic (exact) mass is 401 g/mol. The van der Waals surface area contributed by atoms with E-state index in [9.17, 15) is 14.0 Å². The van der Waals surface area contributed by atoms with Gasteiger partial charge in [-0.3, -0.25) is 20.3 Å². The molecule has 1 aliphatic heterocycles. The molecule has 3 N–H and O–H groups in total. The summed E-state index contributed by atoms with van der Waals surface area (Å²) in [5.74, 6) is 0.0465. The fourth-order valence-corrected chi connectivity index (χ4v) is 3.58. The number of carbonyl (C=O) groups is 2. The smallest absolute Gasteiger partial charge is 0.230 e. The number of nitrogens with one attached hydrogen (secondary N) is 3. The Hall–Kier alpha value is -2.25. The lowest BCUT2D eigenvalue weighted by atomic mass is 10.0. The standard InChI is InChI=1S/C22H28FN3O3/c23-18-8-7-17(13-19(18)29-14-15-5-6-15)22(9-10-22)26-24-11-3-1-2-4-16-12-20(27)25-21(16)28/h1-2,7-8,13,15-16,24,26H,3-6,9-12,14H2,(H,25,27,28)/b2-1+. The van der Waals surface area contributed by atoms with Gasteiger partial charge < -0.3 is 4.74 Å². The highest BCUT2D eigenvalue weighted by atomic mass is 19.1. The zero-order chi connectivity index (χ0) is 20.3. The van der Waals surface area contributed by atoms with Gasteiger partial charge in [0.05, 0.1) is 18.1 Å². The van der Waals surface area contributed by atoms with Gasteiger partial charge in [0.1, 0.15) is 0 Å². The topological polar surface area (TPSA) is 79.5 Å². The fraction of sp³-hybridized carbons (Fsp3) is 0.545. The van der Waals surface area contributed by atoms with E-state index in [0.717, 1.165) is 31.4 Å². The Labute approximate surface area is 170 Å². The summed E-state index contributed by atoms with van der Waals surface area (Å²) in [4.78, 5) is 22.7. The molecule has 1 aromatic carbocycles. The van der Waals surface area contributed by atoms with Gasteiger partial charge in [-0.25, -0.2) is 9.82 Å². The molecule has 1 heterocycles. The first kappa shape index (κ1) is 20.0. The minimum Gasteiger partial charge on any atom is -0.490 e. The predicted molar refractivity (Wildman–Crippen MR) is 106 cm³/mol. The van der Waals surface area contributed by atoms with Crippen molar-refractivity contribution < 1.29 is 18.7 Å². The molecule has 3 aliphatic rings. The van der Waals surface area contributed by atoms with Gasteiger partial charge in [-0.15, -0.1) is 0 Å². The Morgan fingerprint density at radius 2 is 2.07 bits per heavy atom. The molecule has 1 atom stereocenters. The zero-order valence-corrected chi connectivity index (χ0v) is 16.5. The van der Waals surface area contributed by atoms with Crippen LogP contribution >= 0.6 is 0 Å². The van der Waals surface area contributed by atoms with E-state index in [2.05, 4.69) is 16.2 Å². The number of hydrogen-bond donors (Lipinski definition) is 3. The Morgan fingerprint density at radius 3 is 2.76 bits per heavy atom. The number of imide groups is 1. The van der Waals surface area contributed by atoms with Gasteiger partial charge >= 0.3 is 0 Å². The molecule has 7 heteroatoms. The Kier molecular flexibility index (Phi) is 5.96. The van der Waals surface area contributed by atoms with E-state index in [1.807, 2.05) is 24.3 Å². The molecule has 2 saturated carbocycles. The van der Waals surface area contributed by atoms with E-state index in [1.54, 1.807) is 0 Å². The number of carbonyl (C=O) groups excluding carboxylic acids is 2. The van der Waals surface area contributed by atoms with Gasteiger partial charge in [0.25, 0.3) is 0 Å². The summed E-state index contributed by atoms with van der Waals surface area (Å²) in [6.45, 7) is 1.34. The van der Waals surface area contributed by atoms with Crippen LogP contribution in [0.15, 0.2) is 30.4 Å². The molecule has 29 heavy (non-hydrogen) atoms. The molecule has 1 saturated heterocycles. The summed E-state index contributed by atoms with van der Waals surface area (Å²) < 4.78 is 19.7. The van der Waals surface area contributed by atoms with Crippen LogP contribution in [0.25, 0.3) is 0 Å². The Balaban J connectivity index is 1.19. The molecule has 6 nitrogen and oxygen atoms in total. The van der Waals surface area contributed by atoms with Crippen molar-refractivity contribution >= 4 is 11.8 Å². The fourth-order valence-electron chi connectivity index (χ4n) is 3.58. The minimum atomic E-state index is -0.305. The van der Waals surface area contributed by atoms with Crippen molar-refractivity contribution in [3.05, 3.63) is 41.7 Å². The van der Waals surface area contributed by atoms with Crippen LogP contribution in [0.2, 0.25) is 0 Å². The van der Waals surface area contributed by atoms with Crippen LogP contribution in [0.3, 0.4) is 0 Å². The minimum absolute atomic E-state index is 0.155. The molecular weight excluding hydrogens is 373 g/mol. The second-order valence-electron chi connectivity index (χ2n) is 8.34. The highest BCUT2D eigenvalue weighted by Crippen LogP contribution is 2.46. The second kappa shape index (κ2) is 8.63. The second-order valence-corrected chi connectivity index (χ2v) is 8.34. The van der Waals surface area contributed by atoms with Crippen molar-refractivity contribution in [1.82, 2.24) is 16.2 Å². The third kappa shape index (κ3) is 5.22. The summed E-state index contributed by atoms with van der Waals surface area (Å²) >= 11 is 0. The van der Waals surface area contributed by atoms with E-state index in [1.165, 1.54) is 18.9 Å². The number of ether oxygens (including phenoxy) is 1. The zero-order valence-electron chi connectivity index (χ0n) is 16.5. The van der Waals surface area contributed by atoms with Crippen molar-refractivity contribution in [3.8, 4) is 5.75 Å². The highest BCUT2D eigenvalue weighted by Gasteiger charge is 2.44. The summed E-state index contributed by atoms with van der Waals surface area (Å²) in [6.07, 6.45) is 10.0. The number of benzene rings is 1. The van der Waals surface area contributed by atoms with Gasteiger partial charge in [0.2, 0.25) is 11.8 Å². The predicted octanol–water partition coefficient (Wildman–Crippen LogP) is 2.70. The largest absolute Gasteiger partial charge is 0.490 e. The molecular formula is C22H28FN3O3. The normalized spacial score (nSPS) is 22.9. The van der Waals surface area contributed by atoms with Crippen LogP contribution in [0.1, 0.15) is 50.5 Å². The maximum absolute atomic E-state index is 14.0. The van der Waals surface area contributed by atoms with E-state index in [0.29, 0.717) is 24.7 Å². The van der Waals surface area contributed by atoms with Gasteiger partial charge in [0.15, 0.2) is 11.6 Å². The van der Waals surface area contributed by atoms with Gasteiger partial charge in [-0.1, -0.05) is 18.2 Å². The SMILES string of the molecule is O=C1CC(C/C=C/CCNNC2(c3ccc(F)c(OCC4CC4)c3)CC2)C(=O)N1. The molecule has 0 aromatic heterocycles. The number of halogens is 1. The quantitative estimate of drug-likeness (QED) is 0.230. The van der Waals surface area contributed by atoms with Crippen molar-refractivity contribution in [1.29, 1.82) is 0 Å². The molecule has 156 valence electrons. The molecule has 2 amide bonds. The number of amides is 2. The highest BCUT2D eigenvalue weighted by molar-refractivity contribution is 6.03. The van der Waals surface area contributed by atoms with E-state index >= 15 is 0 Å². The van der Waals surface area contributed by atoms with Crippen LogP contribution in [0, 0.1) is 17.7 Å². The van der Waals surface area contributed by atoms with Crippen LogP contribution < -0.4 is 20.9 Å². The van der Waals surface area contributed by atoms with Crippen LogP contribution in [-0.4, -0.2) is 25.0 Å². The molecule has 1 aromatic rings. The van der Waals surface area contributed by atoms with Crippen molar-refractivity contribution in [2.45, 2.75) is 50.5 Å². The van der Waals surface area contributed by atoms with Gasteiger partial charge in [-0.05, 0) is 62.1 Å². The molecule has 0 spiro atoms. The first-order valence-electron chi connectivity index (χ1n) is 10.5. The molecule has 1 unspecified atom stereocenters. The van der Waals surface area contributed by atoms with Crippen molar-refractivity contribution in [2.24, 2.45) is 11.8 Å². The van der Waals surface area contributed by atoms with Crippen LogP contribution in [0.5, 0.6) is 5.75 Å². The molecule has 3 fully saturated rings. The maximum Gasteiger partial charge on any atom is 0.230 e.